The van der Waals surface area contributed by atoms with E-state index in [9.17, 15) is 14.4 Å². The normalized spacial score (nSPS) is 19.2. The summed E-state index contributed by atoms with van der Waals surface area (Å²) in [6.45, 7) is 6.55. The Morgan fingerprint density at radius 1 is 1.13 bits per heavy atom. The number of rotatable bonds is 9. The Bertz CT molecular complexity index is 708. The van der Waals surface area contributed by atoms with Crippen molar-refractivity contribution in [1.29, 1.82) is 0 Å². The lowest BCUT2D eigenvalue weighted by Gasteiger charge is -2.29. The first-order valence-electron chi connectivity index (χ1n) is 11.0. The SMILES string of the molecule is CCC[C@H](C(=O)NO)[C@H](CC(C)C)C(=O)N[C@H]1CCCCN(c2ccccc2)C1=O. The van der Waals surface area contributed by atoms with E-state index < -0.39 is 23.8 Å². The zero-order chi connectivity index (χ0) is 22.1. The van der Waals surface area contributed by atoms with Crippen molar-refractivity contribution in [2.75, 3.05) is 11.4 Å². The molecule has 1 heterocycles. The van der Waals surface area contributed by atoms with Gasteiger partial charge in [0.05, 0.1) is 5.92 Å². The number of carbonyl (C=O) groups excluding carboxylic acids is 3. The van der Waals surface area contributed by atoms with E-state index in [-0.39, 0.29) is 17.7 Å². The van der Waals surface area contributed by atoms with E-state index >= 15 is 0 Å². The third-order valence-electron chi connectivity index (χ3n) is 5.67. The smallest absolute Gasteiger partial charge is 0.249 e. The number of nitrogens with zero attached hydrogens (tertiary/aromatic N) is 1. The zero-order valence-electron chi connectivity index (χ0n) is 18.3. The van der Waals surface area contributed by atoms with Crippen molar-refractivity contribution in [3.05, 3.63) is 30.3 Å². The number of anilines is 1. The summed E-state index contributed by atoms with van der Waals surface area (Å²) in [5.74, 6) is -1.99. The van der Waals surface area contributed by atoms with Crippen LogP contribution in [-0.2, 0) is 14.4 Å². The second-order valence-electron chi connectivity index (χ2n) is 8.49. The lowest BCUT2D eigenvalue weighted by Crippen LogP contribution is -2.51. The summed E-state index contributed by atoms with van der Waals surface area (Å²) < 4.78 is 0. The molecule has 1 aromatic rings. The standard InChI is InChI=1S/C23H35N3O4/c1-4-10-18(22(28)25-30)19(15-16(2)3)21(27)24-20-13-8-9-14-26(23(20)29)17-11-6-5-7-12-17/h5-7,11-12,16,18-20,30H,4,8-10,13-15H2,1-3H3,(H,24,27)(H,25,28)/t18-,19-,20-/m0/s1. The van der Waals surface area contributed by atoms with E-state index in [2.05, 4.69) is 5.32 Å². The van der Waals surface area contributed by atoms with Gasteiger partial charge in [-0.15, -0.1) is 0 Å². The first-order chi connectivity index (χ1) is 14.4. The summed E-state index contributed by atoms with van der Waals surface area (Å²) in [5.41, 5.74) is 2.54. The molecule has 0 bridgehead atoms. The number of hydrogen-bond acceptors (Lipinski definition) is 4. The summed E-state index contributed by atoms with van der Waals surface area (Å²) in [6.07, 6.45) is 3.99. The third-order valence-corrected chi connectivity index (χ3v) is 5.67. The Labute approximate surface area is 179 Å². The maximum Gasteiger partial charge on any atom is 0.249 e. The zero-order valence-corrected chi connectivity index (χ0v) is 18.3. The van der Waals surface area contributed by atoms with Crippen molar-refractivity contribution in [1.82, 2.24) is 10.8 Å². The monoisotopic (exact) mass is 417 g/mol. The first kappa shape index (κ1) is 23.9. The second-order valence-corrected chi connectivity index (χ2v) is 8.49. The Morgan fingerprint density at radius 2 is 1.83 bits per heavy atom. The number of nitrogens with one attached hydrogen (secondary N) is 2. The molecule has 1 saturated heterocycles. The van der Waals surface area contributed by atoms with Crippen LogP contribution in [0.4, 0.5) is 5.69 Å². The molecule has 7 nitrogen and oxygen atoms in total. The van der Waals surface area contributed by atoms with Crippen LogP contribution in [0.25, 0.3) is 0 Å². The van der Waals surface area contributed by atoms with Gasteiger partial charge in [0.1, 0.15) is 6.04 Å². The minimum Gasteiger partial charge on any atom is -0.344 e. The van der Waals surface area contributed by atoms with Gasteiger partial charge in [0, 0.05) is 18.2 Å². The van der Waals surface area contributed by atoms with Crippen LogP contribution in [0.2, 0.25) is 0 Å². The van der Waals surface area contributed by atoms with Crippen molar-refractivity contribution < 1.29 is 19.6 Å². The van der Waals surface area contributed by atoms with E-state index in [1.807, 2.05) is 51.1 Å². The minimum absolute atomic E-state index is 0.117. The van der Waals surface area contributed by atoms with Crippen LogP contribution in [0.3, 0.4) is 0 Å². The number of carbonyl (C=O) groups is 3. The molecule has 1 aromatic carbocycles. The van der Waals surface area contributed by atoms with Crippen LogP contribution in [0.15, 0.2) is 30.3 Å². The van der Waals surface area contributed by atoms with Crippen LogP contribution >= 0.6 is 0 Å². The first-order valence-corrected chi connectivity index (χ1v) is 11.0. The van der Waals surface area contributed by atoms with Crippen molar-refractivity contribution >= 4 is 23.4 Å². The molecule has 0 aliphatic carbocycles. The highest BCUT2D eigenvalue weighted by molar-refractivity contribution is 6.00. The summed E-state index contributed by atoms with van der Waals surface area (Å²) in [4.78, 5) is 40.4. The van der Waals surface area contributed by atoms with Gasteiger partial charge in [0.2, 0.25) is 17.7 Å². The Kier molecular flexibility index (Phi) is 9.30. The average molecular weight is 418 g/mol. The van der Waals surface area contributed by atoms with Gasteiger partial charge in [-0.3, -0.25) is 19.6 Å². The molecule has 7 heteroatoms. The fourth-order valence-corrected chi connectivity index (χ4v) is 4.19. The molecular weight excluding hydrogens is 382 g/mol. The van der Waals surface area contributed by atoms with E-state index in [0.717, 1.165) is 18.5 Å². The predicted molar refractivity (Wildman–Crippen MR) is 116 cm³/mol. The van der Waals surface area contributed by atoms with Crippen LogP contribution in [0.5, 0.6) is 0 Å². The van der Waals surface area contributed by atoms with Gasteiger partial charge in [-0.25, -0.2) is 5.48 Å². The van der Waals surface area contributed by atoms with E-state index in [0.29, 0.717) is 32.2 Å². The molecule has 1 fully saturated rings. The summed E-state index contributed by atoms with van der Waals surface area (Å²) >= 11 is 0. The average Bonchev–Trinajstić information content (AvgIpc) is 2.92. The quantitative estimate of drug-likeness (QED) is 0.424. The highest BCUT2D eigenvalue weighted by Crippen LogP contribution is 2.27. The minimum atomic E-state index is -0.631. The fraction of sp³-hybridized carbons (Fsp3) is 0.609. The van der Waals surface area contributed by atoms with Gasteiger partial charge >= 0.3 is 0 Å². The van der Waals surface area contributed by atoms with Gasteiger partial charge in [-0.1, -0.05) is 45.4 Å². The highest BCUT2D eigenvalue weighted by Gasteiger charge is 2.36. The Morgan fingerprint density at radius 3 is 2.43 bits per heavy atom. The molecule has 0 saturated carbocycles. The van der Waals surface area contributed by atoms with Gasteiger partial charge in [-0.05, 0) is 50.2 Å². The molecular formula is C23H35N3O4. The van der Waals surface area contributed by atoms with Crippen molar-refractivity contribution in [3.8, 4) is 0 Å². The number of hydroxylamine groups is 1. The van der Waals surface area contributed by atoms with Gasteiger partial charge in [0.25, 0.3) is 0 Å². The van der Waals surface area contributed by atoms with Crippen molar-refractivity contribution in [3.63, 3.8) is 0 Å². The topological polar surface area (TPSA) is 98.7 Å². The number of hydrogen-bond donors (Lipinski definition) is 3. The summed E-state index contributed by atoms with van der Waals surface area (Å²) in [6, 6.07) is 8.86. The summed E-state index contributed by atoms with van der Waals surface area (Å²) in [5, 5.41) is 12.1. The Balaban J connectivity index is 2.21. The molecule has 2 rings (SSSR count). The number of para-hydroxylation sites is 1. The fourth-order valence-electron chi connectivity index (χ4n) is 4.19. The van der Waals surface area contributed by atoms with Crippen molar-refractivity contribution in [2.45, 2.75) is 65.3 Å². The molecule has 0 unspecified atom stereocenters. The second kappa shape index (κ2) is 11.7. The Hall–Kier alpha value is -2.41. The maximum absolute atomic E-state index is 13.2. The molecule has 3 amide bonds. The van der Waals surface area contributed by atoms with E-state index in [1.54, 1.807) is 10.4 Å². The molecule has 166 valence electrons. The molecule has 0 radical (unpaired) electrons. The van der Waals surface area contributed by atoms with Crippen LogP contribution < -0.4 is 15.7 Å². The molecule has 0 aromatic heterocycles. The predicted octanol–water partition coefficient (Wildman–Crippen LogP) is 3.27. The van der Waals surface area contributed by atoms with Crippen LogP contribution in [0.1, 0.15) is 59.3 Å². The van der Waals surface area contributed by atoms with E-state index in [4.69, 9.17) is 5.21 Å². The molecule has 30 heavy (non-hydrogen) atoms. The molecule has 1 aliphatic rings. The molecule has 0 spiro atoms. The molecule has 1 aliphatic heterocycles. The van der Waals surface area contributed by atoms with Crippen LogP contribution in [0, 0.1) is 17.8 Å². The number of benzene rings is 1. The lowest BCUT2D eigenvalue weighted by atomic mass is 9.81. The summed E-state index contributed by atoms with van der Waals surface area (Å²) in [7, 11) is 0. The van der Waals surface area contributed by atoms with Gasteiger partial charge in [0.15, 0.2) is 0 Å². The largest absolute Gasteiger partial charge is 0.344 e. The highest BCUT2D eigenvalue weighted by atomic mass is 16.5. The van der Waals surface area contributed by atoms with E-state index in [1.165, 1.54) is 0 Å². The van der Waals surface area contributed by atoms with Crippen molar-refractivity contribution in [2.24, 2.45) is 17.8 Å². The third kappa shape index (κ3) is 6.29. The maximum atomic E-state index is 13.2. The molecule has 3 N–H and O–H groups in total. The van der Waals surface area contributed by atoms with Crippen LogP contribution in [-0.4, -0.2) is 35.5 Å². The number of amides is 3. The van der Waals surface area contributed by atoms with Gasteiger partial charge < -0.3 is 10.2 Å². The molecule has 3 atom stereocenters. The lowest BCUT2D eigenvalue weighted by molar-refractivity contribution is -0.141. The van der Waals surface area contributed by atoms with Gasteiger partial charge in [-0.2, -0.15) is 0 Å².